The van der Waals surface area contributed by atoms with Gasteiger partial charge in [-0.2, -0.15) is 0 Å². The highest BCUT2D eigenvalue weighted by molar-refractivity contribution is 9.10. The van der Waals surface area contributed by atoms with Crippen LogP contribution in [0.1, 0.15) is 34.5 Å². The van der Waals surface area contributed by atoms with Crippen molar-refractivity contribution in [1.82, 2.24) is 0 Å². The maximum Gasteiger partial charge on any atom is 0.303 e. The summed E-state index contributed by atoms with van der Waals surface area (Å²) in [7, 11) is 0. The maximum atomic E-state index is 13.1. The first kappa shape index (κ1) is 21.7. The van der Waals surface area contributed by atoms with Crippen molar-refractivity contribution in [3.05, 3.63) is 100 Å². The topological polar surface area (TPSA) is 72.8 Å². The van der Waals surface area contributed by atoms with Crippen LogP contribution >= 0.6 is 15.9 Å². The lowest BCUT2D eigenvalue weighted by atomic mass is 9.96. The lowest BCUT2D eigenvalue weighted by Gasteiger charge is -2.23. The van der Waals surface area contributed by atoms with E-state index in [1.54, 1.807) is 48.5 Å². The number of para-hydroxylation sites is 1. The molecule has 3 rings (SSSR count). The van der Waals surface area contributed by atoms with Gasteiger partial charge in [0.15, 0.2) is 18.0 Å². The molecule has 0 fully saturated rings. The highest BCUT2D eigenvalue weighted by Gasteiger charge is 2.32. The van der Waals surface area contributed by atoms with Crippen LogP contribution in [0.2, 0.25) is 0 Å². The monoisotopic (exact) mass is 468 g/mol. The summed E-state index contributed by atoms with van der Waals surface area (Å²) in [6, 6.07) is 23.2. The Bertz CT molecular complexity index is 1020. The number of carbonyl (C=O) groups is 2. The molecule has 0 aliphatic rings. The Balaban J connectivity index is 1.85. The number of rotatable bonds is 8. The van der Waals surface area contributed by atoms with Crippen LogP contribution in [0, 0.1) is 0 Å². The van der Waals surface area contributed by atoms with E-state index in [9.17, 15) is 14.7 Å². The van der Waals surface area contributed by atoms with Crippen molar-refractivity contribution < 1.29 is 24.2 Å². The Morgan fingerprint density at radius 3 is 2.37 bits per heavy atom. The highest BCUT2D eigenvalue weighted by atomic mass is 79.9. The first-order chi connectivity index (χ1) is 14.5. The predicted octanol–water partition coefficient (Wildman–Crippen LogP) is 4.88. The minimum Gasteiger partial charge on any atom is -0.488 e. The Hall–Kier alpha value is -2.96. The summed E-state index contributed by atoms with van der Waals surface area (Å²) in [4.78, 5) is 24.7. The number of carbonyl (C=O) groups excluding carboxylic acids is 2. The van der Waals surface area contributed by atoms with Crippen molar-refractivity contribution in [1.29, 1.82) is 0 Å². The molecule has 5 nitrogen and oxygen atoms in total. The van der Waals surface area contributed by atoms with E-state index >= 15 is 0 Å². The molecular formula is C24H21BrO5. The molecule has 0 spiro atoms. The predicted molar refractivity (Wildman–Crippen MR) is 116 cm³/mol. The molecule has 0 radical (unpaired) electrons. The van der Waals surface area contributed by atoms with Crippen LogP contribution in [0.15, 0.2) is 83.3 Å². The van der Waals surface area contributed by atoms with E-state index in [1.165, 1.54) is 6.92 Å². The molecule has 154 valence electrons. The first-order valence-corrected chi connectivity index (χ1v) is 10.2. The number of ether oxygens (including phenoxy) is 2. The van der Waals surface area contributed by atoms with Gasteiger partial charge in [0, 0.05) is 11.4 Å². The van der Waals surface area contributed by atoms with Gasteiger partial charge in [0.1, 0.15) is 12.4 Å². The van der Waals surface area contributed by atoms with E-state index in [-0.39, 0.29) is 12.2 Å². The van der Waals surface area contributed by atoms with Crippen LogP contribution in [-0.2, 0) is 16.1 Å². The zero-order valence-electron chi connectivity index (χ0n) is 16.3. The van der Waals surface area contributed by atoms with Gasteiger partial charge in [0.05, 0.1) is 5.56 Å². The van der Waals surface area contributed by atoms with Crippen molar-refractivity contribution in [2.45, 2.75) is 25.7 Å². The Morgan fingerprint density at radius 2 is 1.67 bits per heavy atom. The van der Waals surface area contributed by atoms with Gasteiger partial charge < -0.3 is 14.6 Å². The summed E-state index contributed by atoms with van der Waals surface area (Å²) in [6.45, 7) is 1.51. The zero-order chi connectivity index (χ0) is 21.5. The number of hydrogen-bond donors (Lipinski definition) is 1. The number of benzene rings is 3. The number of aliphatic hydroxyl groups excluding tert-OH is 1. The summed E-state index contributed by atoms with van der Waals surface area (Å²) in [5, 5.41) is 10.8. The number of aliphatic hydroxyl groups is 1. The van der Waals surface area contributed by atoms with Gasteiger partial charge in [-0.1, -0.05) is 70.5 Å². The number of halogens is 1. The smallest absolute Gasteiger partial charge is 0.303 e. The molecule has 0 bridgehead atoms. The van der Waals surface area contributed by atoms with Gasteiger partial charge >= 0.3 is 5.97 Å². The Labute approximate surface area is 183 Å². The van der Waals surface area contributed by atoms with Gasteiger partial charge in [-0.25, -0.2) is 0 Å². The summed E-state index contributed by atoms with van der Waals surface area (Å²) in [5.74, 6) is -0.841. The van der Waals surface area contributed by atoms with Gasteiger partial charge in [0.2, 0.25) is 0 Å². The third-order valence-corrected chi connectivity index (χ3v) is 4.91. The van der Waals surface area contributed by atoms with Crippen LogP contribution in [0.5, 0.6) is 5.75 Å². The lowest BCUT2D eigenvalue weighted by molar-refractivity contribution is -0.151. The zero-order valence-corrected chi connectivity index (χ0v) is 17.9. The van der Waals surface area contributed by atoms with Crippen LogP contribution < -0.4 is 4.74 Å². The second kappa shape index (κ2) is 10.2. The van der Waals surface area contributed by atoms with Crippen LogP contribution in [0.25, 0.3) is 0 Å². The van der Waals surface area contributed by atoms with E-state index in [0.717, 1.165) is 10.0 Å². The molecule has 0 saturated carbocycles. The molecule has 0 aromatic heterocycles. The second-order valence-corrected chi connectivity index (χ2v) is 7.58. The fraction of sp³-hybridized carbons (Fsp3) is 0.167. The van der Waals surface area contributed by atoms with Gasteiger partial charge in [0.25, 0.3) is 0 Å². The molecular weight excluding hydrogens is 448 g/mol. The molecule has 0 aliphatic heterocycles. The molecule has 3 aromatic carbocycles. The maximum absolute atomic E-state index is 13.1. The minimum absolute atomic E-state index is 0.216. The molecule has 0 amide bonds. The van der Waals surface area contributed by atoms with Crippen molar-refractivity contribution in [3.63, 3.8) is 0 Å². The van der Waals surface area contributed by atoms with Crippen molar-refractivity contribution in [2.24, 2.45) is 0 Å². The summed E-state index contributed by atoms with van der Waals surface area (Å²) in [5.41, 5.74) is 1.67. The average molecular weight is 469 g/mol. The number of esters is 1. The third kappa shape index (κ3) is 5.55. The molecule has 0 saturated heterocycles. The van der Waals surface area contributed by atoms with Gasteiger partial charge in [-0.3, -0.25) is 9.59 Å². The summed E-state index contributed by atoms with van der Waals surface area (Å²) in [6.07, 6.45) is -2.74. The Kier molecular flexibility index (Phi) is 7.38. The van der Waals surface area contributed by atoms with E-state index in [0.29, 0.717) is 11.3 Å². The van der Waals surface area contributed by atoms with E-state index < -0.39 is 24.0 Å². The number of Topliss-reactive ketones (excluding diaryl/α,β-unsaturated/α-hetero) is 1. The largest absolute Gasteiger partial charge is 0.488 e. The van der Waals surface area contributed by atoms with Gasteiger partial charge in [-0.15, -0.1) is 0 Å². The molecule has 3 aromatic rings. The molecule has 2 atom stereocenters. The summed E-state index contributed by atoms with van der Waals surface area (Å²) >= 11 is 3.36. The second-order valence-electron chi connectivity index (χ2n) is 6.66. The lowest BCUT2D eigenvalue weighted by Crippen LogP contribution is -2.31. The Morgan fingerprint density at radius 1 is 0.967 bits per heavy atom. The van der Waals surface area contributed by atoms with Crippen LogP contribution in [0.4, 0.5) is 0 Å². The first-order valence-electron chi connectivity index (χ1n) is 9.36. The fourth-order valence-corrected chi connectivity index (χ4v) is 3.42. The molecule has 0 heterocycles. The third-order valence-electron chi connectivity index (χ3n) is 4.42. The molecule has 6 heteroatoms. The average Bonchev–Trinajstić information content (AvgIpc) is 2.76. The normalized spacial score (nSPS) is 12.6. The molecule has 0 aliphatic carbocycles. The standard InChI is InChI=1S/C24H21BrO5/c1-16(26)30-24(18-10-7-11-19(25)14-18)23(28)22(27)20-12-5-6-13-21(20)29-15-17-8-3-2-4-9-17/h2-14,23-24,28H,15H2,1H3. The van der Waals surface area contributed by atoms with E-state index in [4.69, 9.17) is 9.47 Å². The molecule has 30 heavy (non-hydrogen) atoms. The number of ketones is 1. The quantitative estimate of drug-likeness (QED) is 0.376. The highest BCUT2D eigenvalue weighted by Crippen LogP contribution is 2.29. The number of hydrogen-bond acceptors (Lipinski definition) is 5. The molecule has 2 unspecified atom stereocenters. The van der Waals surface area contributed by atoms with Crippen molar-refractivity contribution >= 4 is 27.7 Å². The van der Waals surface area contributed by atoms with Crippen LogP contribution in [-0.4, -0.2) is 23.0 Å². The fourth-order valence-electron chi connectivity index (χ4n) is 3.01. The van der Waals surface area contributed by atoms with Crippen LogP contribution in [0.3, 0.4) is 0 Å². The van der Waals surface area contributed by atoms with E-state index in [2.05, 4.69) is 15.9 Å². The van der Waals surface area contributed by atoms with Gasteiger partial charge in [-0.05, 0) is 35.4 Å². The van der Waals surface area contributed by atoms with E-state index in [1.807, 2.05) is 30.3 Å². The molecule has 1 N–H and O–H groups in total. The van der Waals surface area contributed by atoms with Crippen molar-refractivity contribution in [2.75, 3.05) is 0 Å². The van der Waals surface area contributed by atoms with Crippen molar-refractivity contribution in [3.8, 4) is 5.75 Å². The summed E-state index contributed by atoms with van der Waals surface area (Å²) < 4.78 is 11.9. The SMILES string of the molecule is CC(=O)OC(c1cccc(Br)c1)C(O)C(=O)c1ccccc1OCc1ccccc1. The minimum atomic E-state index is -1.59.